The standard InChI is InChI=1S/C26H25FN8O2/c1-17-5-7-20(8-6-17)35-25-23(30-31-35)24(28-16-29-25)32-9-11-33(12-10-32)26(37)18-13-22(36)34(15-18)21-4-2-3-19(27)14-21/h2-8,14,16,18H,9-13,15H2,1H3. The molecule has 2 aliphatic rings. The largest absolute Gasteiger partial charge is 0.351 e. The van der Waals surface area contributed by atoms with E-state index in [9.17, 15) is 14.0 Å². The third-order valence-electron chi connectivity index (χ3n) is 6.98. The van der Waals surface area contributed by atoms with Gasteiger partial charge < -0.3 is 14.7 Å². The molecule has 4 heterocycles. The number of hydrogen-bond acceptors (Lipinski definition) is 7. The average Bonchev–Trinajstić information content (AvgIpc) is 3.53. The Morgan fingerprint density at radius 1 is 1.00 bits per heavy atom. The Balaban J connectivity index is 1.14. The molecule has 0 saturated carbocycles. The smallest absolute Gasteiger partial charge is 0.228 e. The predicted octanol–water partition coefficient (Wildman–Crippen LogP) is 2.36. The number of nitrogens with zero attached hydrogens (tertiary/aromatic N) is 8. The van der Waals surface area contributed by atoms with Crippen LogP contribution in [0.5, 0.6) is 0 Å². The fourth-order valence-corrected chi connectivity index (χ4v) is 4.99. The molecule has 0 aliphatic carbocycles. The van der Waals surface area contributed by atoms with E-state index in [1.807, 2.05) is 31.2 Å². The molecule has 6 rings (SSSR count). The molecule has 4 aromatic rings. The van der Waals surface area contributed by atoms with E-state index in [4.69, 9.17) is 0 Å². The molecule has 188 valence electrons. The SMILES string of the molecule is Cc1ccc(-n2nnc3c(N4CCN(C(=O)C5CC(=O)N(c6cccc(F)c6)C5)CC4)ncnc32)cc1. The van der Waals surface area contributed by atoms with Crippen molar-refractivity contribution < 1.29 is 14.0 Å². The highest BCUT2D eigenvalue weighted by Crippen LogP contribution is 2.28. The van der Waals surface area contributed by atoms with Crippen molar-refractivity contribution in [3.8, 4) is 5.69 Å². The van der Waals surface area contributed by atoms with Gasteiger partial charge in [0.25, 0.3) is 0 Å². The Morgan fingerprint density at radius 3 is 2.54 bits per heavy atom. The highest BCUT2D eigenvalue weighted by atomic mass is 19.1. The topological polar surface area (TPSA) is 100 Å². The molecule has 0 N–H and O–H groups in total. The zero-order valence-corrected chi connectivity index (χ0v) is 20.3. The van der Waals surface area contributed by atoms with Crippen LogP contribution in [0.1, 0.15) is 12.0 Å². The van der Waals surface area contributed by atoms with Crippen LogP contribution in [0.15, 0.2) is 54.9 Å². The number of aryl methyl sites for hydroxylation is 1. The van der Waals surface area contributed by atoms with Gasteiger partial charge in [-0.05, 0) is 37.3 Å². The Kier molecular flexibility index (Phi) is 5.74. The maximum Gasteiger partial charge on any atom is 0.228 e. The first-order chi connectivity index (χ1) is 18.0. The van der Waals surface area contributed by atoms with Crippen LogP contribution in [-0.4, -0.2) is 74.4 Å². The Hall–Kier alpha value is -4.41. The zero-order chi connectivity index (χ0) is 25.5. The van der Waals surface area contributed by atoms with Crippen molar-refractivity contribution in [2.45, 2.75) is 13.3 Å². The molecule has 10 nitrogen and oxygen atoms in total. The highest BCUT2D eigenvalue weighted by molar-refractivity contribution is 6.00. The van der Waals surface area contributed by atoms with Crippen molar-refractivity contribution in [3.63, 3.8) is 0 Å². The lowest BCUT2D eigenvalue weighted by Crippen LogP contribution is -2.51. The van der Waals surface area contributed by atoms with Crippen molar-refractivity contribution >= 4 is 34.5 Å². The molecule has 2 aromatic heterocycles. The first-order valence-corrected chi connectivity index (χ1v) is 12.2. The van der Waals surface area contributed by atoms with E-state index in [2.05, 4.69) is 25.2 Å². The van der Waals surface area contributed by atoms with E-state index in [1.54, 1.807) is 21.7 Å². The van der Waals surface area contributed by atoms with E-state index in [-0.39, 0.29) is 24.8 Å². The monoisotopic (exact) mass is 500 g/mol. The molecule has 0 spiro atoms. The van der Waals surface area contributed by atoms with Crippen LogP contribution in [-0.2, 0) is 9.59 Å². The van der Waals surface area contributed by atoms with Gasteiger partial charge in [-0.3, -0.25) is 9.59 Å². The Bertz CT molecular complexity index is 1480. The van der Waals surface area contributed by atoms with Gasteiger partial charge in [0.1, 0.15) is 12.1 Å². The molecule has 2 saturated heterocycles. The van der Waals surface area contributed by atoms with Gasteiger partial charge in [-0.15, -0.1) is 5.10 Å². The third-order valence-corrected chi connectivity index (χ3v) is 6.98. The van der Waals surface area contributed by atoms with Gasteiger partial charge in [-0.1, -0.05) is 29.0 Å². The summed E-state index contributed by atoms with van der Waals surface area (Å²) in [4.78, 5) is 40.1. The number of aromatic nitrogens is 5. The predicted molar refractivity (Wildman–Crippen MR) is 135 cm³/mol. The molecule has 37 heavy (non-hydrogen) atoms. The van der Waals surface area contributed by atoms with E-state index < -0.39 is 11.7 Å². The van der Waals surface area contributed by atoms with Crippen molar-refractivity contribution in [2.75, 3.05) is 42.5 Å². The van der Waals surface area contributed by atoms with E-state index in [0.717, 1.165) is 11.3 Å². The van der Waals surface area contributed by atoms with Gasteiger partial charge in [-0.2, -0.15) is 4.68 Å². The molecule has 2 aromatic carbocycles. The lowest BCUT2D eigenvalue weighted by molar-refractivity contribution is -0.136. The molecule has 2 amide bonds. The van der Waals surface area contributed by atoms with E-state index in [1.165, 1.54) is 23.4 Å². The number of amides is 2. The molecule has 0 radical (unpaired) electrons. The van der Waals surface area contributed by atoms with Gasteiger partial charge in [0.2, 0.25) is 11.8 Å². The normalized spacial score (nSPS) is 18.2. The molecule has 1 unspecified atom stereocenters. The molecular weight excluding hydrogens is 475 g/mol. The molecule has 2 fully saturated rings. The summed E-state index contributed by atoms with van der Waals surface area (Å²) in [6.07, 6.45) is 1.64. The minimum atomic E-state index is -0.442. The molecular formula is C26H25FN8O2. The summed E-state index contributed by atoms with van der Waals surface area (Å²) in [5.74, 6) is -0.382. The Morgan fingerprint density at radius 2 is 1.78 bits per heavy atom. The lowest BCUT2D eigenvalue weighted by atomic mass is 10.1. The van der Waals surface area contributed by atoms with Crippen molar-refractivity contribution in [1.82, 2.24) is 29.9 Å². The second kappa shape index (κ2) is 9.23. The van der Waals surface area contributed by atoms with Crippen LogP contribution in [0, 0.1) is 18.7 Å². The van der Waals surface area contributed by atoms with Crippen LogP contribution in [0.3, 0.4) is 0 Å². The number of piperazine rings is 1. The fourth-order valence-electron chi connectivity index (χ4n) is 4.99. The third kappa shape index (κ3) is 4.26. The number of carbonyl (C=O) groups excluding carboxylic acids is 2. The minimum absolute atomic E-state index is 0.0509. The van der Waals surface area contributed by atoms with Gasteiger partial charge in [-0.25, -0.2) is 14.4 Å². The van der Waals surface area contributed by atoms with Gasteiger partial charge in [0.15, 0.2) is 17.0 Å². The molecule has 11 heteroatoms. The summed E-state index contributed by atoms with van der Waals surface area (Å²) >= 11 is 0. The minimum Gasteiger partial charge on any atom is -0.351 e. The first-order valence-electron chi connectivity index (χ1n) is 12.2. The summed E-state index contributed by atoms with van der Waals surface area (Å²) in [6.45, 7) is 4.43. The fraction of sp³-hybridized carbons (Fsp3) is 0.308. The number of rotatable bonds is 4. The summed E-state index contributed by atoms with van der Waals surface area (Å²) in [5, 5.41) is 8.66. The molecule has 0 bridgehead atoms. The van der Waals surface area contributed by atoms with Crippen LogP contribution in [0.2, 0.25) is 0 Å². The van der Waals surface area contributed by atoms with Gasteiger partial charge >= 0.3 is 0 Å². The summed E-state index contributed by atoms with van der Waals surface area (Å²) in [7, 11) is 0. The Labute approximate surface area is 212 Å². The zero-order valence-electron chi connectivity index (χ0n) is 20.3. The maximum atomic E-state index is 13.6. The summed E-state index contributed by atoms with van der Waals surface area (Å²) in [5.41, 5.74) is 3.73. The number of benzene rings is 2. The van der Waals surface area contributed by atoms with Crippen molar-refractivity contribution in [2.24, 2.45) is 5.92 Å². The maximum absolute atomic E-state index is 13.6. The van der Waals surface area contributed by atoms with Gasteiger partial charge in [0, 0.05) is 44.8 Å². The van der Waals surface area contributed by atoms with Crippen molar-refractivity contribution in [3.05, 3.63) is 66.2 Å². The average molecular weight is 501 g/mol. The highest BCUT2D eigenvalue weighted by Gasteiger charge is 2.38. The van der Waals surface area contributed by atoms with E-state index in [0.29, 0.717) is 48.8 Å². The number of anilines is 2. The lowest BCUT2D eigenvalue weighted by Gasteiger charge is -2.36. The number of carbonyl (C=O) groups is 2. The van der Waals surface area contributed by atoms with Crippen molar-refractivity contribution in [1.29, 1.82) is 0 Å². The van der Waals surface area contributed by atoms with Crippen LogP contribution in [0.4, 0.5) is 15.9 Å². The molecule has 1 atom stereocenters. The number of fused-ring (bicyclic) bond motifs is 1. The van der Waals surface area contributed by atoms with Gasteiger partial charge in [0.05, 0.1) is 11.6 Å². The second-order valence-corrected chi connectivity index (χ2v) is 9.40. The molecule has 2 aliphatic heterocycles. The van der Waals surface area contributed by atoms with E-state index >= 15 is 0 Å². The second-order valence-electron chi connectivity index (χ2n) is 9.40. The first kappa shape index (κ1) is 23.0. The number of halogens is 1. The quantitative estimate of drug-likeness (QED) is 0.424. The summed E-state index contributed by atoms with van der Waals surface area (Å²) < 4.78 is 15.3. The summed E-state index contributed by atoms with van der Waals surface area (Å²) in [6, 6.07) is 13.9. The van der Waals surface area contributed by atoms with Crippen LogP contribution in [0.25, 0.3) is 16.9 Å². The number of hydrogen-bond donors (Lipinski definition) is 0. The van der Waals surface area contributed by atoms with Crippen LogP contribution < -0.4 is 9.80 Å². The van der Waals surface area contributed by atoms with Crippen LogP contribution >= 0.6 is 0 Å².